The van der Waals surface area contributed by atoms with Crippen LogP contribution in [0.1, 0.15) is 30.9 Å². The third-order valence-electron chi connectivity index (χ3n) is 3.08. The number of rotatable bonds is 3. The summed E-state index contributed by atoms with van der Waals surface area (Å²) in [4.78, 5) is 4.04. The van der Waals surface area contributed by atoms with Crippen molar-refractivity contribution in [3.8, 4) is 5.75 Å². The maximum atomic E-state index is 10.3. The fraction of sp³-hybridized carbons (Fsp3) is 0.583. The van der Waals surface area contributed by atoms with Gasteiger partial charge in [0.05, 0.1) is 13.2 Å². The first kappa shape index (κ1) is 11.4. The second-order valence-electron chi connectivity index (χ2n) is 4.12. The quantitative estimate of drug-likeness (QED) is 0.808. The number of hydrogen-bond donors (Lipinski definition) is 2. The molecule has 88 valence electrons. The van der Waals surface area contributed by atoms with Crippen molar-refractivity contribution in [2.45, 2.75) is 31.4 Å². The molecule has 0 unspecified atom stereocenters. The van der Waals surface area contributed by atoms with Gasteiger partial charge in [0.2, 0.25) is 0 Å². The Labute approximate surface area is 95.7 Å². The van der Waals surface area contributed by atoms with Crippen LogP contribution in [0.3, 0.4) is 0 Å². The van der Waals surface area contributed by atoms with Crippen LogP contribution in [0.5, 0.6) is 5.75 Å². The Morgan fingerprint density at radius 3 is 3.12 bits per heavy atom. The third-order valence-corrected chi connectivity index (χ3v) is 3.08. The summed E-state index contributed by atoms with van der Waals surface area (Å²) in [7, 11) is 1.61. The summed E-state index contributed by atoms with van der Waals surface area (Å²) in [6.07, 6.45) is 6.16. The number of methoxy groups -OCH3 is 1. The van der Waals surface area contributed by atoms with Crippen LogP contribution in [-0.4, -0.2) is 29.8 Å². The van der Waals surface area contributed by atoms with E-state index in [4.69, 9.17) is 4.74 Å². The van der Waals surface area contributed by atoms with Crippen molar-refractivity contribution in [2.75, 3.05) is 13.7 Å². The van der Waals surface area contributed by atoms with E-state index >= 15 is 0 Å². The molecular formula is C12H18N2O2. The Morgan fingerprint density at radius 1 is 1.56 bits per heavy atom. The van der Waals surface area contributed by atoms with Gasteiger partial charge in [0.25, 0.3) is 0 Å². The van der Waals surface area contributed by atoms with Gasteiger partial charge in [0.1, 0.15) is 5.75 Å². The number of nitrogens with one attached hydrogen (secondary N) is 1. The van der Waals surface area contributed by atoms with E-state index in [0.717, 1.165) is 24.9 Å². The molecule has 1 saturated heterocycles. The highest BCUT2D eigenvalue weighted by Crippen LogP contribution is 2.28. The van der Waals surface area contributed by atoms with Crippen molar-refractivity contribution in [1.82, 2.24) is 10.3 Å². The maximum Gasteiger partial charge on any atom is 0.127 e. The summed E-state index contributed by atoms with van der Waals surface area (Å²) in [6, 6.07) is 1.90. The lowest BCUT2D eigenvalue weighted by Crippen LogP contribution is -2.38. The van der Waals surface area contributed by atoms with Gasteiger partial charge in [-0.25, -0.2) is 0 Å². The van der Waals surface area contributed by atoms with E-state index in [-0.39, 0.29) is 6.04 Å². The Balaban J connectivity index is 2.15. The van der Waals surface area contributed by atoms with Gasteiger partial charge >= 0.3 is 0 Å². The van der Waals surface area contributed by atoms with E-state index in [1.165, 1.54) is 6.42 Å². The van der Waals surface area contributed by atoms with Gasteiger partial charge in [-0.15, -0.1) is 0 Å². The maximum absolute atomic E-state index is 10.3. The van der Waals surface area contributed by atoms with Crippen LogP contribution in [0.25, 0.3) is 0 Å². The standard InChI is InChI=1S/C12H18N2O2/c1-16-11-5-7-13-8-9(11)12(15)10-4-2-3-6-14-10/h5,7-8,10,12,14-15H,2-4,6H2,1H3/t10-,12-/m1/s1. The topological polar surface area (TPSA) is 54.4 Å². The second-order valence-corrected chi connectivity index (χ2v) is 4.12. The molecule has 1 aliphatic heterocycles. The van der Waals surface area contributed by atoms with Crippen molar-refractivity contribution >= 4 is 0 Å². The molecule has 0 spiro atoms. The number of nitrogens with zero attached hydrogens (tertiary/aromatic N) is 1. The lowest BCUT2D eigenvalue weighted by Gasteiger charge is -2.28. The third kappa shape index (κ3) is 2.33. The molecule has 16 heavy (non-hydrogen) atoms. The zero-order valence-electron chi connectivity index (χ0n) is 9.52. The highest BCUT2D eigenvalue weighted by atomic mass is 16.5. The minimum atomic E-state index is -0.538. The molecule has 1 aliphatic rings. The van der Waals surface area contributed by atoms with Gasteiger partial charge in [-0.3, -0.25) is 4.98 Å². The molecule has 2 atom stereocenters. The van der Waals surface area contributed by atoms with Gasteiger partial charge in [-0.2, -0.15) is 0 Å². The molecular weight excluding hydrogens is 204 g/mol. The van der Waals surface area contributed by atoms with E-state index in [9.17, 15) is 5.11 Å². The van der Waals surface area contributed by atoms with E-state index in [0.29, 0.717) is 5.75 Å². The predicted octanol–water partition coefficient (Wildman–Crippen LogP) is 1.27. The van der Waals surface area contributed by atoms with Crippen LogP contribution >= 0.6 is 0 Å². The van der Waals surface area contributed by atoms with E-state index < -0.39 is 6.10 Å². The Morgan fingerprint density at radius 2 is 2.44 bits per heavy atom. The van der Waals surface area contributed by atoms with Gasteiger partial charge in [-0.1, -0.05) is 6.42 Å². The van der Waals surface area contributed by atoms with Crippen molar-refractivity contribution in [2.24, 2.45) is 0 Å². The Bertz CT molecular complexity index is 338. The number of aliphatic hydroxyl groups excluding tert-OH is 1. The van der Waals surface area contributed by atoms with Gasteiger partial charge < -0.3 is 15.2 Å². The van der Waals surface area contributed by atoms with E-state index in [1.807, 2.05) is 0 Å². The average Bonchev–Trinajstić information content (AvgIpc) is 2.39. The monoisotopic (exact) mass is 222 g/mol. The molecule has 0 aromatic carbocycles. The zero-order valence-corrected chi connectivity index (χ0v) is 9.52. The summed E-state index contributed by atoms with van der Waals surface area (Å²) in [5.41, 5.74) is 0.768. The number of aromatic nitrogens is 1. The second kappa shape index (κ2) is 5.27. The predicted molar refractivity (Wildman–Crippen MR) is 61.4 cm³/mol. The first-order valence-corrected chi connectivity index (χ1v) is 5.72. The van der Waals surface area contributed by atoms with Crippen LogP contribution in [-0.2, 0) is 0 Å². The molecule has 0 saturated carbocycles. The molecule has 0 radical (unpaired) electrons. The fourth-order valence-corrected chi connectivity index (χ4v) is 2.17. The SMILES string of the molecule is COc1ccncc1[C@@H](O)[C@H]1CCCCN1. The van der Waals surface area contributed by atoms with E-state index in [2.05, 4.69) is 10.3 Å². The summed E-state index contributed by atoms with van der Waals surface area (Å²) < 4.78 is 5.23. The molecule has 2 N–H and O–H groups in total. The largest absolute Gasteiger partial charge is 0.496 e. The number of pyridine rings is 1. The minimum absolute atomic E-state index is 0.117. The lowest BCUT2D eigenvalue weighted by molar-refractivity contribution is 0.110. The average molecular weight is 222 g/mol. The Hall–Kier alpha value is -1.13. The first-order valence-electron chi connectivity index (χ1n) is 5.72. The van der Waals surface area contributed by atoms with Crippen LogP contribution in [0.2, 0.25) is 0 Å². The first-order chi connectivity index (χ1) is 7.83. The molecule has 0 aliphatic carbocycles. The highest BCUT2D eigenvalue weighted by molar-refractivity contribution is 5.32. The van der Waals surface area contributed by atoms with Crippen LogP contribution in [0.4, 0.5) is 0 Å². The lowest BCUT2D eigenvalue weighted by atomic mass is 9.95. The smallest absolute Gasteiger partial charge is 0.127 e. The summed E-state index contributed by atoms with van der Waals surface area (Å²) in [6.45, 7) is 0.976. The van der Waals surface area contributed by atoms with Crippen molar-refractivity contribution in [1.29, 1.82) is 0 Å². The summed E-state index contributed by atoms with van der Waals surface area (Å²) >= 11 is 0. The number of ether oxygens (including phenoxy) is 1. The van der Waals surface area contributed by atoms with Gasteiger partial charge in [-0.05, 0) is 25.5 Å². The number of hydrogen-bond acceptors (Lipinski definition) is 4. The van der Waals surface area contributed by atoms with Crippen LogP contribution in [0, 0.1) is 0 Å². The highest BCUT2D eigenvalue weighted by Gasteiger charge is 2.25. The van der Waals surface area contributed by atoms with Crippen molar-refractivity contribution in [3.63, 3.8) is 0 Å². The van der Waals surface area contributed by atoms with E-state index in [1.54, 1.807) is 25.6 Å². The molecule has 4 nitrogen and oxygen atoms in total. The molecule has 0 amide bonds. The molecule has 1 fully saturated rings. The molecule has 2 heterocycles. The Kier molecular flexibility index (Phi) is 3.74. The van der Waals surface area contributed by atoms with Crippen molar-refractivity contribution < 1.29 is 9.84 Å². The molecule has 4 heteroatoms. The number of aliphatic hydroxyl groups is 1. The van der Waals surface area contributed by atoms with Crippen molar-refractivity contribution in [3.05, 3.63) is 24.0 Å². The molecule has 0 bridgehead atoms. The van der Waals surface area contributed by atoms with Crippen LogP contribution < -0.4 is 10.1 Å². The summed E-state index contributed by atoms with van der Waals surface area (Å²) in [5.74, 6) is 0.704. The fourth-order valence-electron chi connectivity index (χ4n) is 2.17. The molecule has 1 aromatic heterocycles. The molecule has 2 rings (SSSR count). The normalized spacial score (nSPS) is 22.8. The zero-order chi connectivity index (χ0) is 11.4. The van der Waals surface area contributed by atoms with Crippen LogP contribution in [0.15, 0.2) is 18.5 Å². The van der Waals surface area contributed by atoms with Gasteiger partial charge in [0.15, 0.2) is 0 Å². The summed E-state index contributed by atoms with van der Waals surface area (Å²) in [5, 5.41) is 13.6. The molecule has 1 aromatic rings. The minimum Gasteiger partial charge on any atom is -0.496 e. The van der Waals surface area contributed by atoms with Gasteiger partial charge in [0, 0.05) is 24.0 Å². The number of piperidine rings is 1.